The summed E-state index contributed by atoms with van der Waals surface area (Å²) in [4.78, 5) is 39.4. The van der Waals surface area contributed by atoms with Crippen molar-refractivity contribution in [3.05, 3.63) is 136 Å². The molecule has 5 rings (SSSR count). The van der Waals surface area contributed by atoms with Crippen LogP contribution in [0.3, 0.4) is 0 Å². The molecule has 1 fully saturated rings. The molecule has 11 nitrogen and oxygen atoms in total. The van der Waals surface area contributed by atoms with Gasteiger partial charge in [-0.25, -0.2) is 14.4 Å². The number of ether oxygens (including phenoxy) is 5. The molecule has 0 radical (unpaired) electrons. The van der Waals surface area contributed by atoms with Gasteiger partial charge in [0.05, 0.1) is 21.6 Å². The molecule has 1 aliphatic heterocycles. The second-order valence-corrected chi connectivity index (χ2v) is 12.7. The Hall–Kier alpha value is -4.40. The van der Waals surface area contributed by atoms with E-state index in [-0.39, 0.29) is 21.6 Å². The smallest absolute Gasteiger partial charge is 0.338 e. The maximum atomic E-state index is 13.6. The van der Waals surface area contributed by atoms with Crippen molar-refractivity contribution < 1.29 is 50.7 Å². The minimum atomic E-state index is -4.58. The summed E-state index contributed by atoms with van der Waals surface area (Å²) in [5.41, 5.74) is 0.519. The van der Waals surface area contributed by atoms with Crippen LogP contribution in [0.5, 0.6) is 0 Å². The summed E-state index contributed by atoms with van der Waals surface area (Å²) in [6.45, 7) is -0.549. The first-order valence-corrected chi connectivity index (χ1v) is 16.5. The molecule has 5 atom stereocenters. The second-order valence-electron chi connectivity index (χ2n) is 10.2. The molecule has 4 aromatic rings. The standard InChI is InChI=1S/C34H29BrO11S/c1-41-34-30(45-33(38)24-15-9-4-10-16-24)29(44-32(37)23-13-7-3-8-14-23)28(46-47(39,40)26-19-17-25(35)18-20-26)27(43-34)21-42-31(36)22-11-5-2-6-12-22/h2-20,27-30,34H,21H2,1H3/t27-,28-,29+,30-,34+/m1/s1. The third-order valence-corrected chi connectivity index (χ3v) is 8.91. The Balaban J connectivity index is 1.54. The third-order valence-electron chi connectivity index (χ3n) is 7.06. The number of halogens is 1. The van der Waals surface area contributed by atoms with Crippen molar-refractivity contribution in [3.8, 4) is 0 Å². The van der Waals surface area contributed by atoms with E-state index in [1.165, 1.54) is 67.8 Å². The van der Waals surface area contributed by atoms with Gasteiger partial charge in [0.1, 0.15) is 18.8 Å². The Morgan fingerprint density at radius 1 is 0.660 bits per heavy atom. The molecule has 0 N–H and O–H groups in total. The fourth-order valence-corrected chi connectivity index (χ4v) is 6.10. The Kier molecular flexibility index (Phi) is 11.2. The van der Waals surface area contributed by atoms with Crippen LogP contribution in [0.25, 0.3) is 0 Å². The second kappa shape index (κ2) is 15.5. The summed E-state index contributed by atoms with van der Waals surface area (Å²) in [5, 5.41) is 0. The van der Waals surface area contributed by atoms with E-state index in [4.69, 9.17) is 27.9 Å². The van der Waals surface area contributed by atoms with Crippen molar-refractivity contribution in [2.45, 2.75) is 35.6 Å². The van der Waals surface area contributed by atoms with E-state index in [0.717, 1.165) is 0 Å². The summed E-state index contributed by atoms with van der Waals surface area (Å²) in [7, 11) is -3.32. The van der Waals surface area contributed by atoms with Crippen LogP contribution in [0.4, 0.5) is 0 Å². The topological polar surface area (TPSA) is 141 Å². The van der Waals surface area contributed by atoms with E-state index < -0.39 is 65.3 Å². The van der Waals surface area contributed by atoms with Gasteiger partial charge in [0, 0.05) is 11.6 Å². The lowest BCUT2D eigenvalue weighted by Crippen LogP contribution is -2.63. The first-order valence-electron chi connectivity index (χ1n) is 14.3. The molecule has 0 amide bonds. The van der Waals surface area contributed by atoms with Crippen molar-refractivity contribution in [1.82, 2.24) is 0 Å². The highest BCUT2D eigenvalue weighted by Gasteiger charge is 2.53. The maximum absolute atomic E-state index is 13.6. The zero-order chi connectivity index (χ0) is 33.4. The van der Waals surface area contributed by atoms with Crippen molar-refractivity contribution >= 4 is 44.0 Å². The summed E-state index contributed by atoms with van der Waals surface area (Å²) in [5.74, 6) is -2.43. The van der Waals surface area contributed by atoms with Gasteiger partial charge in [0.25, 0.3) is 10.1 Å². The number of carbonyl (C=O) groups excluding carboxylic acids is 3. The number of methoxy groups -OCH3 is 1. The Morgan fingerprint density at radius 3 is 1.62 bits per heavy atom. The summed E-state index contributed by atoms with van der Waals surface area (Å²) in [6.07, 6.45) is -7.67. The summed E-state index contributed by atoms with van der Waals surface area (Å²) < 4.78 is 62.3. The lowest BCUT2D eigenvalue weighted by molar-refractivity contribution is -0.287. The Labute approximate surface area is 279 Å². The molecule has 1 saturated heterocycles. The average Bonchev–Trinajstić information content (AvgIpc) is 3.10. The molecule has 1 heterocycles. The first kappa shape index (κ1) is 33.9. The van der Waals surface area contributed by atoms with Gasteiger partial charge in [-0.2, -0.15) is 8.42 Å². The number of esters is 3. The van der Waals surface area contributed by atoms with Crippen molar-refractivity contribution in [2.75, 3.05) is 13.7 Å². The normalized spacial score (nSPS) is 20.9. The zero-order valence-electron chi connectivity index (χ0n) is 24.8. The Morgan fingerprint density at radius 2 is 1.13 bits per heavy atom. The monoisotopic (exact) mass is 724 g/mol. The van der Waals surface area contributed by atoms with Crippen LogP contribution in [0.1, 0.15) is 31.1 Å². The fraction of sp³-hybridized carbons (Fsp3) is 0.206. The molecule has 0 aliphatic carbocycles. The molecule has 244 valence electrons. The third kappa shape index (κ3) is 8.50. The van der Waals surface area contributed by atoms with Crippen molar-refractivity contribution in [1.29, 1.82) is 0 Å². The number of rotatable bonds is 11. The van der Waals surface area contributed by atoms with E-state index in [2.05, 4.69) is 15.9 Å². The summed E-state index contributed by atoms with van der Waals surface area (Å²) >= 11 is 3.27. The van der Waals surface area contributed by atoms with Crippen LogP contribution in [-0.2, 0) is 38.0 Å². The molecule has 13 heteroatoms. The number of carbonyl (C=O) groups is 3. The molecule has 0 saturated carbocycles. The molecule has 47 heavy (non-hydrogen) atoms. The molecule has 4 aromatic carbocycles. The van der Waals surface area contributed by atoms with Crippen LogP contribution in [0.15, 0.2) is 125 Å². The van der Waals surface area contributed by atoms with Gasteiger partial charge >= 0.3 is 17.9 Å². The van der Waals surface area contributed by atoms with Gasteiger partial charge in [-0.05, 0) is 60.7 Å². The molecule has 0 spiro atoms. The quantitative estimate of drug-likeness (QED) is 0.114. The van der Waals surface area contributed by atoms with Gasteiger partial charge < -0.3 is 23.7 Å². The number of benzene rings is 4. The molecule has 0 bridgehead atoms. The van der Waals surface area contributed by atoms with E-state index in [1.807, 2.05) is 0 Å². The van der Waals surface area contributed by atoms with Crippen LogP contribution in [0, 0.1) is 0 Å². The van der Waals surface area contributed by atoms with Crippen LogP contribution in [-0.4, -0.2) is 70.7 Å². The van der Waals surface area contributed by atoms with Crippen LogP contribution < -0.4 is 0 Å². The lowest BCUT2D eigenvalue weighted by atomic mass is 9.98. The highest BCUT2D eigenvalue weighted by atomic mass is 79.9. The number of hydrogen-bond donors (Lipinski definition) is 0. The fourth-order valence-electron chi connectivity index (χ4n) is 4.73. The minimum Gasteiger partial charge on any atom is -0.459 e. The molecule has 0 aromatic heterocycles. The average molecular weight is 726 g/mol. The van der Waals surface area contributed by atoms with E-state index in [1.54, 1.807) is 54.6 Å². The highest BCUT2D eigenvalue weighted by molar-refractivity contribution is 9.10. The lowest BCUT2D eigenvalue weighted by Gasteiger charge is -2.43. The maximum Gasteiger partial charge on any atom is 0.338 e. The minimum absolute atomic E-state index is 0.127. The van der Waals surface area contributed by atoms with Gasteiger partial charge in [-0.15, -0.1) is 0 Å². The highest BCUT2D eigenvalue weighted by Crippen LogP contribution is 2.33. The van der Waals surface area contributed by atoms with Gasteiger partial charge in [0.2, 0.25) is 0 Å². The first-order chi connectivity index (χ1) is 22.7. The van der Waals surface area contributed by atoms with Crippen LogP contribution >= 0.6 is 15.9 Å². The number of hydrogen-bond acceptors (Lipinski definition) is 11. The van der Waals surface area contributed by atoms with Gasteiger partial charge in [-0.1, -0.05) is 70.5 Å². The largest absolute Gasteiger partial charge is 0.459 e. The molecule has 0 unspecified atom stereocenters. The predicted octanol–water partition coefficient (Wildman–Crippen LogP) is 5.20. The molecular formula is C34H29BrO11S. The predicted molar refractivity (Wildman–Crippen MR) is 170 cm³/mol. The Bertz CT molecular complexity index is 1770. The zero-order valence-corrected chi connectivity index (χ0v) is 27.2. The van der Waals surface area contributed by atoms with Crippen molar-refractivity contribution in [2.24, 2.45) is 0 Å². The van der Waals surface area contributed by atoms with Crippen LogP contribution in [0.2, 0.25) is 0 Å². The molecule has 1 aliphatic rings. The van der Waals surface area contributed by atoms with Gasteiger partial charge in [0.15, 0.2) is 18.5 Å². The van der Waals surface area contributed by atoms with Gasteiger partial charge in [-0.3, -0.25) is 4.18 Å². The van der Waals surface area contributed by atoms with E-state index >= 15 is 0 Å². The molecular weight excluding hydrogens is 696 g/mol. The van der Waals surface area contributed by atoms with E-state index in [0.29, 0.717) is 4.47 Å². The summed E-state index contributed by atoms with van der Waals surface area (Å²) in [6, 6.07) is 29.6. The van der Waals surface area contributed by atoms with Crippen molar-refractivity contribution in [3.63, 3.8) is 0 Å². The SMILES string of the molecule is CO[C@H]1O[C@H](COC(=O)c2ccccc2)[C@@H](OS(=O)(=O)c2ccc(Br)cc2)[C@H](OC(=O)c2ccccc2)[C@H]1OC(=O)c1ccccc1. The van der Waals surface area contributed by atoms with E-state index in [9.17, 15) is 22.8 Å².